The fourth-order valence-corrected chi connectivity index (χ4v) is 2.62. The van der Waals surface area contributed by atoms with Crippen LogP contribution >= 0.6 is 0 Å². The van der Waals surface area contributed by atoms with Crippen LogP contribution in [-0.4, -0.2) is 50.1 Å². The molecule has 0 radical (unpaired) electrons. The van der Waals surface area contributed by atoms with E-state index in [2.05, 4.69) is 20.8 Å². The Morgan fingerprint density at radius 1 is 0.667 bits per heavy atom. The predicted molar refractivity (Wildman–Crippen MR) is 81.4 cm³/mol. The fourth-order valence-electron chi connectivity index (χ4n) is 1.16. The van der Waals surface area contributed by atoms with Gasteiger partial charge in [0.15, 0.2) is 0 Å². The molecule has 0 fully saturated rings. The summed E-state index contributed by atoms with van der Waals surface area (Å²) in [6.07, 6.45) is 5.87. The molecule has 0 spiro atoms. The van der Waals surface area contributed by atoms with Crippen molar-refractivity contribution in [2.24, 2.45) is 0 Å². The van der Waals surface area contributed by atoms with Crippen molar-refractivity contribution in [1.82, 2.24) is 0 Å². The van der Waals surface area contributed by atoms with E-state index >= 15 is 0 Å². The van der Waals surface area contributed by atoms with Crippen LogP contribution in [0.3, 0.4) is 0 Å². The summed E-state index contributed by atoms with van der Waals surface area (Å²) in [5.74, 6) is 0. The maximum absolute atomic E-state index is 10.2. The first kappa shape index (κ1) is 33.3. The molecule has 0 saturated carbocycles. The van der Waals surface area contributed by atoms with Gasteiger partial charge in [0.05, 0.1) is 0 Å². The molecule has 7 N–H and O–H groups in total. The molecule has 0 aromatic heterocycles. The van der Waals surface area contributed by atoms with Gasteiger partial charge in [0.25, 0.3) is 0 Å². The summed E-state index contributed by atoms with van der Waals surface area (Å²) in [6, 6.07) is 0. The molecule has 0 aromatic rings. The monoisotopic (exact) mass is 366 g/mol. The summed E-state index contributed by atoms with van der Waals surface area (Å²) >= 11 is 0. The number of unbranched alkanes of at least 4 members (excludes halogenated alkanes) is 3. The normalized spacial score (nSPS) is 9.71. The minimum atomic E-state index is -3.36. The van der Waals surface area contributed by atoms with Gasteiger partial charge in [0, 0.05) is 41.5 Å². The van der Waals surface area contributed by atoms with Crippen molar-refractivity contribution in [1.29, 1.82) is 0 Å². The zero-order chi connectivity index (χ0) is 13.0. The Bertz CT molecular complexity index is 151. The third kappa shape index (κ3) is 20.7. The quantitative estimate of drug-likeness (QED) is 0.393. The van der Waals surface area contributed by atoms with Crippen molar-refractivity contribution in [3.63, 3.8) is 0 Å². The summed E-state index contributed by atoms with van der Waals surface area (Å²) < 4.78 is 16.2. The van der Waals surface area contributed by atoms with Crippen LogP contribution in [0.25, 0.3) is 0 Å². The van der Waals surface area contributed by atoms with Crippen LogP contribution in [0.1, 0.15) is 59.3 Å². The average Bonchev–Trinajstić information content (AvgIpc) is 2.30. The Kier molecular flexibility index (Phi) is 36.4. The molecule has 0 saturated heterocycles. The largest absolute Gasteiger partial charge is 0.676 e. The van der Waals surface area contributed by atoms with Gasteiger partial charge in [-0.2, -0.15) is 0 Å². The smallest absolute Gasteiger partial charge is 0.412 e. The molecular formula is C12H34O7SiTi. The van der Waals surface area contributed by atoms with Crippen molar-refractivity contribution in [3.05, 3.63) is 0 Å². The number of hydrogen-bond acceptors (Lipinski definition) is 4. The Labute approximate surface area is 144 Å². The van der Waals surface area contributed by atoms with Gasteiger partial charge in [-0.1, -0.05) is 40.0 Å². The summed E-state index contributed by atoms with van der Waals surface area (Å²) in [4.78, 5) is 10.2. The molecular weight excluding hydrogens is 332 g/mol. The average molecular weight is 366 g/mol. The molecule has 132 valence electrons. The fraction of sp³-hybridized carbons (Fsp3) is 1.00. The molecule has 0 heterocycles. The molecule has 0 unspecified atom stereocenters. The van der Waals surface area contributed by atoms with E-state index in [9.17, 15) is 4.80 Å². The molecule has 0 bridgehead atoms. The second-order valence-corrected chi connectivity index (χ2v) is 6.04. The van der Waals surface area contributed by atoms with Gasteiger partial charge in [0.1, 0.15) is 0 Å². The van der Waals surface area contributed by atoms with E-state index in [4.69, 9.17) is 13.3 Å². The van der Waals surface area contributed by atoms with Gasteiger partial charge in [-0.05, 0) is 19.3 Å². The molecule has 0 aliphatic rings. The summed E-state index contributed by atoms with van der Waals surface area (Å²) in [7, 11) is -3.36. The van der Waals surface area contributed by atoms with Gasteiger partial charge >= 0.3 is 9.05 Å². The standard InChI is InChI=1S/C12H28O4Si.3H2O.Ti/c1-4-7-10-14-17(13,15-11-8-5-2)16-12-9-6-3;;;;/h13H,4-12H2,1-3H3;3*1H2;. The van der Waals surface area contributed by atoms with Crippen LogP contribution in [0.2, 0.25) is 0 Å². The van der Waals surface area contributed by atoms with E-state index in [1.807, 2.05) is 0 Å². The summed E-state index contributed by atoms with van der Waals surface area (Å²) in [5, 5.41) is 0. The van der Waals surface area contributed by atoms with Crippen LogP contribution in [0.5, 0.6) is 0 Å². The SMILES string of the molecule is CCCCO[Si](O)(OCCCC)OCCCC.O.O.O.[Ti]. The number of hydrogen-bond donors (Lipinski definition) is 1. The third-order valence-corrected chi connectivity index (χ3v) is 4.05. The predicted octanol–water partition coefficient (Wildman–Crippen LogP) is 0.388. The zero-order valence-electron chi connectivity index (χ0n) is 13.5. The van der Waals surface area contributed by atoms with Gasteiger partial charge in [0.2, 0.25) is 0 Å². The molecule has 0 aromatic carbocycles. The maximum atomic E-state index is 10.2. The van der Waals surface area contributed by atoms with E-state index in [1.54, 1.807) is 0 Å². The third-order valence-electron chi connectivity index (χ3n) is 2.35. The molecule has 21 heavy (non-hydrogen) atoms. The van der Waals surface area contributed by atoms with Gasteiger partial charge in [-0.15, -0.1) is 0 Å². The van der Waals surface area contributed by atoms with Gasteiger partial charge < -0.3 is 34.5 Å². The number of rotatable bonds is 12. The second-order valence-electron chi connectivity index (χ2n) is 4.13. The minimum absolute atomic E-state index is 0. The molecule has 0 aliphatic heterocycles. The first-order valence-corrected chi connectivity index (χ1v) is 8.50. The molecule has 0 aliphatic carbocycles. The molecule has 0 amide bonds. The van der Waals surface area contributed by atoms with E-state index < -0.39 is 9.05 Å². The second kappa shape index (κ2) is 22.9. The van der Waals surface area contributed by atoms with Crippen LogP contribution < -0.4 is 0 Å². The molecule has 0 atom stereocenters. The molecule has 7 nitrogen and oxygen atoms in total. The Hall–Kier alpha value is 0.651. The Morgan fingerprint density at radius 2 is 0.905 bits per heavy atom. The van der Waals surface area contributed by atoms with Crippen molar-refractivity contribution in [2.75, 3.05) is 19.8 Å². The van der Waals surface area contributed by atoms with Crippen molar-refractivity contribution in [2.45, 2.75) is 59.3 Å². The Morgan fingerprint density at radius 3 is 1.10 bits per heavy atom. The van der Waals surface area contributed by atoms with Crippen molar-refractivity contribution in [3.8, 4) is 0 Å². The van der Waals surface area contributed by atoms with E-state index in [0.717, 1.165) is 38.5 Å². The van der Waals surface area contributed by atoms with Crippen LogP contribution in [0.15, 0.2) is 0 Å². The van der Waals surface area contributed by atoms with E-state index in [0.29, 0.717) is 19.8 Å². The van der Waals surface area contributed by atoms with Crippen LogP contribution in [-0.2, 0) is 35.0 Å². The van der Waals surface area contributed by atoms with Crippen LogP contribution in [0.4, 0.5) is 0 Å². The van der Waals surface area contributed by atoms with E-state index in [-0.39, 0.29) is 38.1 Å². The summed E-state index contributed by atoms with van der Waals surface area (Å²) in [5.41, 5.74) is 0. The van der Waals surface area contributed by atoms with Crippen LogP contribution in [0, 0.1) is 0 Å². The topological polar surface area (TPSA) is 142 Å². The Balaban J connectivity index is -0.000000213. The van der Waals surface area contributed by atoms with E-state index in [1.165, 1.54) is 0 Å². The minimum Gasteiger partial charge on any atom is -0.412 e. The summed E-state index contributed by atoms with van der Waals surface area (Å²) in [6.45, 7) is 7.78. The van der Waals surface area contributed by atoms with Gasteiger partial charge in [-0.3, -0.25) is 0 Å². The van der Waals surface area contributed by atoms with Crippen molar-refractivity contribution < 1.29 is 56.2 Å². The van der Waals surface area contributed by atoms with Crippen molar-refractivity contribution >= 4 is 9.05 Å². The molecule has 9 heteroatoms. The first-order chi connectivity index (χ1) is 8.18. The molecule has 0 rings (SSSR count). The van der Waals surface area contributed by atoms with Gasteiger partial charge in [-0.25, -0.2) is 0 Å². The maximum Gasteiger partial charge on any atom is 0.676 e. The first-order valence-electron chi connectivity index (χ1n) is 6.82. The zero-order valence-corrected chi connectivity index (χ0v) is 16.1.